The summed E-state index contributed by atoms with van der Waals surface area (Å²) in [5, 5.41) is 7.45. The van der Waals surface area contributed by atoms with E-state index >= 15 is 0 Å². The van der Waals surface area contributed by atoms with Crippen molar-refractivity contribution in [3.63, 3.8) is 0 Å². The maximum Gasteiger partial charge on any atom is 0.337 e. The third-order valence-electron chi connectivity index (χ3n) is 5.55. The molecule has 0 amide bonds. The SMILES string of the molecule is O=S(=O)(c1nnc(N2C3CCCC2CC3)o1)C1CCCCC1. The lowest BCUT2D eigenvalue weighted by molar-refractivity contribution is 0.379. The molecule has 1 aromatic rings. The molecule has 1 aliphatic carbocycles. The summed E-state index contributed by atoms with van der Waals surface area (Å²) in [4.78, 5) is 2.18. The van der Waals surface area contributed by atoms with E-state index in [-0.39, 0.29) is 10.5 Å². The van der Waals surface area contributed by atoms with Gasteiger partial charge < -0.3 is 9.32 Å². The maximum atomic E-state index is 12.6. The van der Waals surface area contributed by atoms with Crippen LogP contribution in [0.4, 0.5) is 6.01 Å². The number of fused-ring (bicyclic) bond motifs is 2. The summed E-state index contributed by atoms with van der Waals surface area (Å²) >= 11 is 0. The third-order valence-corrected chi connectivity index (χ3v) is 7.55. The minimum atomic E-state index is -3.46. The highest BCUT2D eigenvalue weighted by Gasteiger charge is 2.41. The van der Waals surface area contributed by atoms with Gasteiger partial charge in [-0.2, -0.15) is 0 Å². The molecule has 0 aromatic carbocycles. The molecule has 3 heterocycles. The van der Waals surface area contributed by atoms with Crippen LogP contribution in [0.15, 0.2) is 9.64 Å². The van der Waals surface area contributed by atoms with E-state index in [0.717, 1.165) is 57.8 Å². The first-order chi connectivity index (χ1) is 10.7. The number of nitrogens with zero attached hydrogens (tertiary/aromatic N) is 3. The molecule has 2 saturated heterocycles. The summed E-state index contributed by atoms with van der Waals surface area (Å²) in [5.41, 5.74) is 0. The minimum Gasteiger partial charge on any atom is -0.394 e. The molecular formula is C15H23N3O3S. The van der Waals surface area contributed by atoms with Gasteiger partial charge in [-0.3, -0.25) is 0 Å². The summed E-state index contributed by atoms with van der Waals surface area (Å²) in [6.45, 7) is 0. The quantitative estimate of drug-likeness (QED) is 0.850. The van der Waals surface area contributed by atoms with E-state index in [1.807, 2.05) is 0 Å². The van der Waals surface area contributed by atoms with E-state index in [0.29, 0.717) is 18.1 Å². The Balaban J connectivity index is 1.58. The van der Waals surface area contributed by atoms with E-state index < -0.39 is 9.84 Å². The van der Waals surface area contributed by atoms with Gasteiger partial charge in [0.2, 0.25) is 9.84 Å². The molecule has 6 nitrogen and oxygen atoms in total. The average Bonchev–Trinajstić information content (AvgIpc) is 3.11. The van der Waals surface area contributed by atoms with E-state index in [2.05, 4.69) is 15.1 Å². The van der Waals surface area contributed by atoms with Gasteiger partial charge in [0.1, 0.15) is 0 Å². The zero-order valence-electron chi connectivity index (χ0n) is 12.8. The number of piperidine rings is 1. The van der Waals surface area contributed by atoms with Crippen molar-refractivity contribution < 1.29 is 12.8 Å². The molecular weight excluding hydrogens is 302 g/mol. The standard InChI is InChI=1S/C15H23N3O3S/c19-22(20,13-7-2-1-3-8-13)15-17-16-14(21-15)18-11-5-4-6-12(18)10-9-11/h11-13H,1-10H2. The topological polar surface area (TPSA) is 76.3 Å². The van der Waals surface area contributed by atoms with Crippen molar-refractivity contribution in [1.29, 1.82) is 0 Å². The van der Waals surface area contributed by atoms with Crippen LogP contribution in [-0.4, -0.2) is 35.9 Å². The minimum absolute atomic E-state index is 0.167. The number of sulfone groups is 1. The van der Waals surface area contributed by atoms with Crippen LogP contribution < -0.4 is 4.90 Å². The number of hydrogen-bond acceptors (Lipinski definition) is 6. The second-order valence-corrected chi connectivity index (χ2v) is 8.98. The molecule has 0 radical (unpaired) electrons. The van der Waals surface area contributed by atoms with Crippen molar-refractivity contribution >= 4 is 15.9 Å². The summed E-state index contributed by atoms with van der Waals surface area (Å²) in [6, 6.07) is 1.32. The molecule has 3 fully saturated rings. The Morgan fingerprint density at radius 3 is 2.23 bits per heavy atom. The van der Waals surface area contributed by atoms with Crippen LogP contribution in [0.25, 0.3) is 0 Å². The van der Waals surface area contributed by atoms with Gasteiger partial charge in [0, 0.05) is 12.1 Å². The number of aromatic nitrogens is 2. The van der Waals surface area contributed by atoms with E-state index in [1.54, 1.807) is 0 Å². The van der Waals surface area contributed by atoms with Gasteiger partial charge in [-0.1, -0.05) is 29.5 Å². The number of rotatable bonds is 3. The molecule has 3 aliphatic rings. The maximum absolute atomic E-state index is 12.6. The highest BCUT2D eigenvalue weighted by Crippen LogP contribution is 2.39. The van der Waals surface area contributed by atoms with E-state index in [4.69, 9.17) is 4.42 Å². The molecule has 2 bridgehead atoms. The van der Waals surface area contributed by atoms with Crippen molar-refractivity contribution in [3.8, 4) is 0 Å². The molecule has 0 spiro atoms. The van der Waals surface area contributed by atoms with Crippen LogP contribution in [0.1, 0.15) is 64.2 Å². The van der Waals surface area contributed by atoms with Gasteiger partial charge >= 0.3 is 11.2 Å². The van der Waals surface area contributed by atoms with Gasteiger partial charge in [0.15, 0.2) is 0 Å². The first kappa shape index (κ1) is 14.5. The van der Waals surface area contributed by atoms with Gasteiger partial charge in [-0.15, -0.1) is 0 Å². The smallest absolute Gasteiger partial charge is 0.337 e. The van der Waals surface area contributed by atoms with Crippen LogP contribution >= 0.6 is 0 Å². The van der Waals surface area contributed by atoms with Gasteiger partial charge in [0.25, 0.3) is 0 Å². The molecule has 22 heavy (non-hydrogen) atoms. The highest BCUT2D eigenvalue weighted by molar-refractivity contribution is 7.91. The molecule has 0 N–H and O–H groups in total. The van der Waals surface area contributed by atoms with E-state index in [9.17, 15) is 8.42 Å². The normalized spacial score (nSPS) is 29.9. The van der Waals surface area contributed by atoms with Gasteiger partial charge in [0.05, 0.1) is 5.25 Å². The van der Waals surface area contributed by atoms with Crippen LogP contribution in [0.3, 0.4) is 0 Å². The number of hydrogen-bond donors (Lipinski definition) is 0. The average molecular weight is 325 g/mol. The van der Waals surface area contributed by atoms with Crippen LogP contribution in [0.5, 0.6) is 0 Å². The van der Waals surface area contributed by atoms with Gasteiger partial charge in [-0.25, -0.2) is 8.42 Å². The Labute approximate surface area is 131 Å². The molecule has 1 aromatic heterocycles. The fraction of sp³-hybridized carbons (Fsp3) is 0.867. The van der Waals surface area contributed by atoms with Gasteiger partial charge in [-0.05, 0) is 44.9 Å². The molecule has 1 saturated carbocycles. The Morgan fingerprint density at radius 2 is 1.55 bits per heavy atom. The van der Waals surface area contributed by atoms with Crippen LogP contribution in [0.2, 0.25) is 0 Å². The molecule has 4 rings (SSSR count). The summed E-state index contributed by atoms with van der Waals surface area (Å²) < 4.78 is 30.9. The lowest BCUT2D eigenvalue weighted by Gasteiger charge is -2.32. The predicted octanol–water partition coefficient (Wildman–Crippen LogP) is 2.70. The van der Waals surface area contributed by atoms with Crippen molar-refractivity contribution in [2.24, 2.45) is 0 Å². The Kier molecular flexibility index (Phi) is 3.63. The van der Waals surface area contributed by atoms with E-state index in [1.165, 1.54) is 6.42 Å². The lowest BCUT2D eigenvalue weighted by atomic mass is 10.0. The predicted molar refractivity (Wildman–Crippen MR) is 81.5 cm³/mol. The zero-order valence-corrected chi connectivity index (χ0v) is 13.6. The Bertz CT molecular complexity index is 620. The van der Waals surface area contributed by atoms with Crippen molar-refractivity contribution in [2.75, 3.05) is 4.90 Å². The fourth-order valence-corrected chi connectivity index (χ4v) is 5.95. The molecule has 122 valence electrons. The molecule has 2 atom stereocenters. The summed E-state index contributed by atoms with van der Waals surface area (Å²) in [6.07, 6.45) is 10.3. The van der Waals surface area contributed by atoms with Crippen LogP contribution in [0, 0.1) is 0 Å². The molecule has 2 aliphatic heterocycles. The monoisotopic (exact) mass is 325 g/mol. The Hall–Kier alpha value is -1.11. The Morgan fingerprint density at radius 1 is 0.864 bits per heavy atom. The zero-order chi connectivity index (χ0) is 15.2. The summed E-state index contributed by atoms with van der Waals surface area (Å²) in [5.74, 6) is 0. The third kappa shape index (κ3) is 2.33. The second-order valence-electron chi connectivity index (χ2n) is 6.88. The first-order valence-electron chi connectivity index (χ1n) is 8.52. The summed E-state index contributed by atoms with van der Waals surface area (Å²) in [7, 11) is -3.46. The van der Waals surface area contributed by atoms with Crippen molar-refractivity contribution in [3.05, 3.63) is 0 Å². The van der Waals surface area contributed by atoms with Crippen molar-refractivity contribution in [2.45, 2.75) is 86.8 Å². The molecule has 2 unspecified atom stereocenters. The first-order valence-corrected chi connectivity index (χ1v) is 10.1. The lowest BCUT2D eigenvalue weighted by Crippen LogP contribution is -2.39. The van der Waals surface area contributed by atoms with Crippen molar-refractivity contribution in [1.82, 2.24) is 10.2 Å². The fourth-order valence-electron chi connectivity index (χ4n) is 4.37. The second kappa shape index (κ2) is 5.51. The van der Waals surface area contributed by atoms with Crippen LogP contribution in [-0.2, 0) is 9.84 Å². The molecule has 7 heteroatoms. The highest BCUT2D eigenvalue weighted by atomic mass is 32.2. The largest absolute Gasteiger partial charge is 0.394 e. The number of anilines is 1.